The molecule has 0 radical (unpaired) electrons. The van der Waals surface area contributed by atoms with Gasteiger partial charge in [-0.2, -0.15) is 13.2 Å². The van der Waals surface area contributed by atoms with Gasteiger partial charge in [-0.15, -0.1) is 0 Å². The summed E-state index contributed by atoms with van der Waals surface area (Å²) in [7, 11) is 0. The van der Waals surface area contributed by atoms with Crippen molar-refractivity contribution in [1.29, 1.82) is 0 Å². The summed E-state index contributed by atoms with van der Waals surface area (Å²) < 4.78 is 50.7. The predicted molar refractivity (Wildman–Crippen MR) is 62.5 cm³/mol. The van der Waals surface area contributed by atoms with Gasteiger partial charge in [0.2, 0.25) is 0 Å². The smallest absolute Gasteiger partial charge is 0.409 e. The molecule has 0 fully saturated rings. The topological polar surface area (TPSA) is 70.6 Å². The van der Waals surface area contributed by atoms with Crippen molar-refractivity contribution in [2.75, 3.05) is 11.9 Å². The number of nitrogens with one attached hydrogen (secondary N) is 1. The average molecular weight is 279 g/mol. The van der Waals surface area contributed by atoms with Crippen molar-refractivity contribution in [2.45, 2.75) is 13.1 Å². The number of halogens is 4. The summed E-state index contributed by atoms with van der Waals surface area (Å²) in [4.78, 5) is 0. The van der Waals surface area contributed by atoms with E-state index in [1.807, 2.05) is 0 Å². The van der Waals surface area contributed by atoms with Crippen molar-refractivity contribution >= 4 is 11.5 Å². The molecule has 0 saturated carbocycles. The maximum atomic E-state index is 13.4. The van der Waals surface area contributed by atoms with E-state index < -0.39 is 23.5 Å². The van der Waals surface area contributed by atoms with Crippen LogP contribution in [0.2, 0.25) is 0 Å². The quantitative estimate of drug-likeness (QED) is 0.261. The standard InChI is InChI=1S/C11H13F4N3O/c1-6(10(16)18-19)5-17-9-4-7(11(13,14)15)2-3-8(9)12/h2-4,6,17,19H,5H2,1H3,(H2,16,18). The highest BCUT2D eigenvalue weighted by atomic mass is 19.4. The Hall–Kier alpha value is -1.99. The Kier molecular flexibility index (Phi) is 4.57. The zero-order valence-electron chi connectivity index (χ0n) is 10.0. The first-order chi connectivity index (χ1) is 8.75. The highest BCUT2D eigenvalue weighted by Gasteiger charge is 2.31. The first-order valence-corrected chi connectivity index (χ1v) is 5.33. The van der Waals surface area contributed by atoms with Crippen molar-refractivity contribution in [3.8, 4) is 0 Å². The Morgan fingerprint density at radius 2 is 2.11 bits per heavy atom. The molecule has 8 heteroatoms. The van der Waals surface area contributed by atoms with Crippen LogP contribution < -0.4 is 11.1 Å². The molecule has 4 nitrogen and oxygen atoms in total. The highest BCUT2D eigenvalue weighted by molar-refractivity contribution is 5.82. The van der Waals surface area contributed by atoms with E-state index in [1.165, 1.54) is 0 Å². The van der Waals surface area contributed by atoms with Gasteiger partial charge in [-0.1, -0.05) is 12.1 Å². The molecule has 4 N–H and O–H groups in total. The largest absolute Gasteiger partial charge is 0.416 e. The van der Waals surface area contributed by atoms with E-state index in [0.29, 0.717) is 12.1 Å². The third-order valence-electron chi connectivity index (χ3n) is 2.51. The summed E-state index contributed by atoms with van der Waals surface area (Å²) in [6.07, 6.45) is -4.54. The molecule has 1 rings (SSSR count). The molecule has 1 atom stereocenters. The van der Waals surface area contributed by atoms with Crippen molar-refractivity contribution < 1.29 is 22.8 Å². The van der Waals surface area contributed by atoms with Gasteiger partial charge in [0.15, 0.2) is 0 Å². The highest BCUT2D eigenvalue weighted by Crippen LogP contribution is 2.31. The van der Waals surface area contributed by atoms with Crippen LogP contribution >= 0.6 is 0 Å². The maximum Gasteiger partial charge on any atom is 0.416 e. The summed E-state index contributed by atoms with van der Waals surface area (Å²) in [5.41, 5.74) is 4.07. The lowest BCUT2D eigenvalue weighted by Gasteiger charge is -2.14. The zero-order valence-corrected chi connectivity index (χ0v) is 10.0. The third kappa shape index (κ3) is 4.01. The van der Waals surface area contributed by atoms with Gasteiger partial charge < -0.3 is 16.3 Å². The van der Waals surface area contributed by atoms with Crippen molar-refractivity contribution in [3.63, 3.8) is 0 Å². The van der Waals surface area contributed by atoms with Crippen LogP contribution in [0.15, 0.2) is 23.4 Å². The minimum Gasteiger partial charge on any atom is -0.409 e. The molecule has 0 aromatic heterocycles. The number of nitrogens with zero attached hydrogens (tertiary/aromatic N) is 1. The van der Waals surface area contributed by atoms with Crippen LogP contribution in [-0.4, -0.2) is 17.6 Å². The molecule has 1 aromatic carbocycles. The molecule has 0 aliphatic heterocycles. The number of rotatable bonds is 4. The third-order valence-corrected chi connectivity index (χ3v) is 2.51. The molecule has 1 aromatic rings. The van der Waals surface area contributed by atoms with Crippen LogP contribution in [0.3, 0.4) is 0 Å². The van der Waals surface area contributed by atoms with E-state index in [0.717, 1.165) is 6.07 Å². The van der Waals surface area contributed by atoms with Crippen LogP contribution in [0.4, 0.5) is 23.2 Å². The molecule has 0 aliphatic rings. The number of nitrogens with two attached hydrogens (primary N) is 1. The zero-order chi connectivity index (χ0) is 14.6. The Morgan fingerprint density at radius 1 is 1.47 bits per heavy atom. The van der Waals surface area contributed by atoms with Gasteiger partial charge in [-0.05, 0) is 18.2 Å². The number of anilines is 1. The van der Waals surface area contributed by atoms with E-state index in [2.05, 4.69) is 10.5 Å². The summed E-state index contributed by atoms with van der Waals surface area (Å²) >= 11 is 0. The van der Waals surface area contributed by atoms with E-state index in [1.54, 1.807) is 6.92 Å². The number of alkyl halides is 3. The second-order valence-electron chi connectivity index (χ2n) is 4.00. The van der Waals surface area contributed by atoms with Gasteiger partial charge in [0.25, 0.3) is 0 Å². The Balaban J connectivity index is 2.84. The Morgan fingerprint density at radius 3 is 2.63 bits per heavy atom. The lowest BCUT2D eigenvalue weighted by molar-refractivity contribution is -0.137. The lowest BCUT2D eigenvalue weighted by Crippen LogP contribution is -2.27. The van der Waals surface area contributed by atoms with E-state index >= 15 is 0 Å². The van der Waals surface area contributed by atoms with Gasteiger partial charge in [-0.3, -0.25) is 0 Å². The van der Waals surface area contributed by atoms with Crippen LogP contribution in [0, 0.1) is 11.7 Å². The molecule has 0 saturated heterocycles. The Bertz CT molecular complexity index is 473. The van der Waals surface area contributed by atoms with Gasteiger partial charge in [0, 0.05) is 12.5 Å². The molecule has 0 aliphatic carbocycles. The van der Waals surface area contributed by atoms with Crippen LogP contribution in [0.25, 0.3) is 0 Å². The first-order valence-electron chi connectivity index (χ1n) is 5.33. The predicted octanol–water partition coefficient (Wildman–Crippen LogP) is 2.64. The van der Waals surface area contributed by atoms with Gasteiger partial charge in [0.1, 0.15) is 11.7 Å². The molecule has 106 valence electrons. The summed E-state index contributed by atoms with van der Waals surface area (Å²) in [5.74, 6) is -1.36. The normalized spacial score (nSPS) is 14.3. The number of hydrogen-bond donors (Lipinski definition) is 3. The molecular weight excluding hydrogens is 266 g/mol. The summed E-state index contributed by atoms with van der Waals surface area (Å²) in [6.45, 7) is 1.61. The van der Waals surface area contributed by atoms with Crippen LogP contribution in [0.5, 0.6) is 0 Å². The number of benzene rings is 1. The van der Waals surface area contributed by atoms with Crippen LogP contribution in [-0.2, 0) is 6.18 Å². The second kappa shape index (κ2) is 5.77. The Labute approximate surface area is 106 Å². The van der Waals surface area contributed by atoms with Gasteiger partial charge >= 0.3 is 6.18 Å². The van der Waals surface area contributed by atoms with Crippen LogP contribution in [0.1, 0.15) is 12.5 Å². The van der Waals surface area contributed by atoms with E-state index in [9.17, 15) is 17.6 Å². The minimum atomic E-state index is -4.54. The monoisotopic (exact) mass is 279 g/mol. The van der Waals surface area contributed by atoms with Gasteiger partial charge in [-0.25, -0.2) is 4.39 Å². The summed E-state index contributed by atoms with van der Waals surface area (Å²) in [6, 6.07) is 2.07. The molecule has 19 heavy (non-hydrogen) atoms. The fourth-order valence-electron chi connectivity index (χ4n) is 1.30. The molecular formula is C11H13F4N3O. The minimum absolute atomic E-state index is 0.0358. The fraction of sp³-hybridized carbons (Fsp3) is 0.364. The average Bonchev–Trinajstić information content (AvgIpc) is 2.35. The molecule has 0 spiro atoms. The van der Waals surface area contributed by atoms with E-state index in [-0.39, 0.29) is 18.1 Å². The maximum absolute atomic E-state index is 13.4. The molecule has 1 unspecified atom stereocenters. The fourth-order valence-corrected chi connectivity index (χ4v) is 1.30. The molecule has 0 heterocycles. The van der Waals surface area contributed by atoms with Crippen molar-refractivity contribution in [3.05, 3.63) is 29.6 Å². The number of amidine groups is 1. The van der Waals surface area contributed by atoms with Gasteiger partial charge in [0.05, 0.1) is 11.3 Å². The number of oxime groups is 1. The molecule has 0 bridgehead atoms. The van der Waals surface area contributed by atoms with E-state index in [4.69, 9.17) is 10.9 Å². The number of hydrogen-bond acceptors (Lipinski definition) is 3. The SMILES string of the molecule is CC(CNc1cc(C(F)(F)F)ccc1F)C(N)=NO. The molecule has 0 amide bonds. The first kappa shape index (κ1) is 15.1. The second-order valence-corrected chi connectivity index (χ2v) is 4.00. The van der Waals surface area contributed by atoms with Crippen molar-refractivity contribution in [1.82, 2.24) is 0 Å². The summed E-state index contributed by atoms with van der Waals surface area (Å²) in [5, 5.41) is 13.7. The van der Waals surface area contributed by atoms with Crippen molar-refractivity contribution in [2.24, 2.45) is 16.8 Å². The lowest BCUT2D eigenvalue weighted by atomic mass is 10.1.